The summed E-state index contributed by atoms with van der Waals surface area (Å²) >= 11 is 0. The van der Waals surface area contributed by atoms with Crippen LogP contribution in [0.25, 0.3) is 34.2 Å². The van der Waals surface area contributed by atoms with E-state index in [1.54, 1.807) is 55.6 Å². The van der Waals surface area contributed by atoms with E-state index in [0.29, 0.717) is 52.1 Å². The fraction of sp³-hybridized carbons (Fsp3) is 0.185. The Hall–Kier alpha value is -4.26. The highest BCUT2D eigenvalue weighted by Gasteiger charge is 2.17. The molecule has 0 aliphatic rings. The molecule has 0 bridgehead atoms. The first kappa shape index (κ1) is 22.9. The Labute approximate surface area is 198 Å². The molecule has 7 nitrogen and oxygen atoms in total. The number of carbonyl (C=O) groups excluding carboxylic acids is 1. The van der Waals surface area contributed by atoms with Crippen LogP contribution in [-0.2, 0) is 4.74 Å². The minimum Gasteiger partial charge on any atom is -0.507 e. The highest BCUT2D eigenvalue weighted by molar-refractivity contribution is 5.90. The fourth-order valence-corrected chi connectivity index (χ4v) is 3.39. The number of ether oxygens (including phenoxy) is 2. The van der Waals surface area contributed by atoms with Crippen LogP contribution in [0.1, 0.15) is 30.1 Å². The molecule has 0 unspecified atom stereocenters. The average molecular weight is 456 g/mol. The zero-order valence-electron chi connectivity index (χ0n) is 19.1. The third kappa shape index (κ3) is 5.04. The maximum atomic E-state index is 12.2. The number of nitrogens with zero attached hydrogens (tertiary/aromatic N) is 3. The van der Waals surface area contributed by atoms with E-state index in [1.165, 1.54) is 0 Å². The largest absolute Gasteiger partial charge is 0.507 e. The van der Waals surface area contributed by atoms with Gasteiger partial charge in [0.25, 0.3) is 0 Å². The second-order valence-electron chi connectivity index (χ2n) is 7.59. The number of unbranched alkanes of at least 4 members (excludes halogenated alkanes) is 1. The van der Waals surface area contributed by atoms with Crippen LogP contribution in [0.3, 0.4) is 0 Å². The first-order valence-electron chi connectivity index (χ1n) is 11.1. The maximum Gasteiger partial charge on any atom is 0.338 e. The lowest BCUT2D eigenvalue weighted by atomic mass is 10.1. The van der Waals surface area contributed by atoms with Gasteiger partial charge in [0, 0.05) is 5.56 Å². The zero-order valence-corrected chi connectivity index (χ0v) is 19.1. The van der Waals surface area contributed by atoms with Crippen LogP contribution >= 0.6 is 0 Å². The number of hydrogen-bond acceptors (Lipinski definition) is 7. The Kier molecular flexibility index (Phi) is 7.13. The SMILES string of the molecule is CCCCOC(=O)c1ccc(-c2nc(-c3ccccc3O)nc(-c3ccccc3OC)n2)cc1. The molecule has 1 aromatic heterocycles. The summed E-state index contributed by atoms with van der Waals surface area (Å²) < 4.78 is 10.8. The van der Waals surface area contributed by atoms with Crippen molar-refractivity contribution < 1.29 is 19.4 Å². The highest BCUT2D eigenvalue weighted by atomic mass is 16.5. The lowest BCUT2D eigenvalue weighted by Gasteiger charge is -2.11. The number of aromatic hydroxyl groups is 1. The number of rotatable bonds is 8. The number of esters is 1. The van der Waals surface area contributed by atoms with Gasteiger partial charge in [0.05, 0.1) is 30.4 Å². The molecular weight excluding hydrogens is 430 g/mol. The Morgan fingerprint density at radius 3 is 2.12 bits per heavy atom. The van der Waals surface area contributed by atoms with Gasteiger partial charge in [0.15, 0.2) is 17.5 Å². The van der Waals surface area contributed by atoms with Crippen molar-refractivity contribution in [3.63, 3.8) is 0 Å². The number of para-hydroxylation sites is 2. The summed E-state index contributed by atoms with van der Waals surface area (Å²) in [6.45, 7) is 2.44. The lowest BCUT2D eigenvalue weighted by molar-refractivity contribution is 0.0499. The Balaban J connectivity index is 1.77. The second kappa shape index (κ2) is 10.6. The summed E-state index contributed by atoms with van der Waals surface area (Å²) in [5.41, 5.74) is 2.33. The van der Waals surface area contributed by atoms with Crippen molar-refractivity contribution >= 4 is 5.97 Å². The molecule has 0 spiro atoms. The average Bonchev–Trinajstić information content (AvgIpc) is 2.89. The predicted octanol–water partition coefficient (Wildman–Crippen LogP) is 5.54. The molecule has 0 saturated carbocycles. The van der Waals surface area contributed by atoms with E-state index in [9.17, 15) is 9.90 Å². The smallest absolute Gasteiger partial charge is 0.338 e. The monoisotopic (exact) mass is 455 g/mol. The minimum absolute atomic E-state index is 0.0656. The van der Waals surface area contributed by atoms with Gasteiger partial charge < -0.3 is 14.6 Å². The maximum absolute atomic E-state index is 12.2. The molecule has 0 radical (unpaired) electrons. The van der Waals surface area contributed by atoms with Crippen LogP contribution in [0, 0.1) is 0 Å². The molecule has 0 amide bonds. The number of methoxy groups -OCH3 is 1. The summed E-state index contributed by atoms with van der Waals surface area (Å²) in [4.78, 5) is 26.2. The molecule has 0 aliphatic carbocycles. The molecule has 7 heteroatoms. The fourth-order valence-electron chi connectivity index (χ4n) is 3.39. The van der Waals surface area contributed by atoms with Crippen molar-refractivity contribution in [1.29, 1.82) is 0 Å². The van der Waals surface area contributed by atoms with E-state index in [0.717, 1.165) is 12.8 Å². The van der Waals surface area contributed by atoms with Gasteiger partial charge in [-0.05, 0) is 42.8 Å². The van der Waals surface area contributed by atoms with E-state index in [1.807, 2.05) is 31.2 Å². The Morgan fingerprint density at radius 1 is 0.824 bits per heavy atom. The number of hydrogen-bond donors (Lipinski definition) is 1. The topological polar surface area (TPSA) is 94.4 Å². The van der Waals surface area contributed by atoms with Gasteiger partial charge in [-0.15, -0.1) is 0 Å². The van der Waals surface area contributed by atoms with Crippen LogP contribution in [0.2, 0.25) is 0 Å². The van der Waals surface area contributed by atoms with Crippen molar-refractivity contribution in [3.8, 4) is 45.7 Å². The highest BCUT2D eigenvalue weighted by Crippen LogP contribution is 2.32. The van der Waals surface area contributed by atoms with Gasteiger partial charge >= 0.3 is 5.97 Å². The van der Waals surface area contributed by atoms with Gasteiger partial charge in [0.2, 0.25) is 0 Å². The quantitative estimate of drug-likeness (QED) is 0.275. The van der Waals surface area contributed by atoms with Crippen molar-refractivity contribution in [3.05, 3.63) is 78.4 Å². The number of phenols is 1. The molecule has 0 fully saturated rings. The molecule has 0 saturated heterocycles. The Morgan fingerprint density at radius 2 is 1.44 bits per heavy atom. The number of aromatic nitrogens is 3. The van der Waals surface area contributed by atoms with E-state index < -0.39 is 0 Å². The second-order valence-corrected chi connectivity index (χ2v) is 7.59. The molecule has 1 N–H and O–H groups in total. The van der Waals surface area contributed by atoms with Crippen LogP contribution in [0.5, 0.6) is 11.5 Å². The summed E-state index contributed by atoms with van der Waals surface area (Å²) in [7, 11) is 1.59. The molecule has 1 heterocycles. The van der Waals surface area contributed by atoms with Crippen molar-refractivity contribution in [2.24, 2.45) is 0 Å². The van der Waals surface area contributed by atoms with E-state index >= 15 is 0 Å². The van der Waals surface area contributed by atoms with Gasteiger partial charge in [-0.1, -0.05) is 49.7 Å². The van der Waals surface area contributed by atoms with E-state index in [-0.39, 0.29) is 11.7 Å². The van der Waals surface area contributed by atoms with Crippen molar-refractivity contribution in [1.82, 2.24) is 15.0 Å². The molecule has 172 valence electrons. The number of benzene rings is 3. The predicted molar refractivity (Wildman–Crippen MR) is 130 cm³/mol. The molecular formula is C27H25N3O4. The van der Waals surface area contributed by atoms with Crippen LogP contribution in [-0.4, -0.2) is 39.7 Å². The van der Waals surface area contributed by atoms with Gasteiger partial charge in [-0.25, -0.2) is 19.7 Å². The molecule has 34 heavy (non-hydrogen) atoms. The number of phenolic OH excluding ortho intramolecular Hbond substituents is 1. The van der Waals surface area contributed by atoms with Gasteiger partial charge in [-0.3, -0.25) is 0 Å². The standard InChI is InChI=1S/C27H25N3O4/c1-3-4-17-34-27(32)19-15-13-18(14-16-19)24-28-25(20-9-5-7-11-22(20)31)30-26(29-24)21-10-6-8-12-23(21)33-2/h5-16,31H,3-4,17H2,1-2H3. The lowest BCUT2D eigenvalue weighted by Crippen LogP contribution is -2.06. The van der Waals surface area contributed by atoms with Crippen molar-refractivity contribution in [2.75, 3.05) is 13.7 Å². The van der Waals surface area contributed by atoms with Gasteiger partial charge in [0.1, 0.15) is 11.5 Å². The molecule has 3 aromatic carbocycles. The van der Waals surface area contributed by atoms with Crippen LogP contribution in [0.4, 0.5) is 0 Å². The van der Waals surface area contributed by atoms with Crippen LogP contribution in [0.15, 0.2) is 72.8 Å². The summed E-state index contributed by atoms with van der Waals surface area (Å²) in [5.74, 6) is 1.46. The summed E-state index contributed by atoms with van der Waals surface area (Å²) in [6.07, 6.45) is 1.79. The molecule has 0 aliphatic heterocycles. The van der Waals surface area contributed by atoms with E-state index in [2.05, 4.69) is 15.0 Å². The van der Waals surface area contributed by atoms with Crippen LogP contribution < -0.4 is 4.74 Å². The van der Waals surface area contributed by atoms with E-state index in [4.69, 9.17) is 9.47 Å². The zero-order chi connectivity index (χ0) is 23.9. The third-order valence-corrected chi connectivity index (χ3v) is 5.24. The molecule has 4 rings (SSSR count). The van der Waals surface area contributed by atoms with Gasteiger partial charge in [-0.2, -0.15) is 0 Å². The summed E-state index contributed by atoms with van der Waals surface area (Å²) in [6, 6.07) is 21.2. The molecule has 4 aromatic rings. The number of carbonyl (C=O) groups is 1. The third-order valence-electron chi connectivity index (χ3n) is 5.24. The minimum atomic E-state index is -0.361. The molecule has 0 atom stereocenters. The van der Waals surface area contributed by atoms with Crippen molar-refractivity contribution in [2.45, 2.75) is 19.8 Å². The first-order valence-corrected chi connectivity index (χ1v) is 11.1. The Bertz CT molecular complexity index is 1290. The normalized spacial score (nSPS) is 10.6. The summed E-state index contributed by atoms with van der Waals surface area (Å²) in [5, 5.41) is 10.4. The first-order chi connectivity index (χ1) is 16.6.